The predicted octanol–water partition coefficient (Wildman–Crippen LogP) is 2.04. The first-order chi connectivity index (χ1) is 6.70. The highest BCUT2D eigenvalue weighted by Gasteiger charge is 2.40. The summed E-state index contributed by atoms with van der Waals surface area (Å²) in [7, 11) is 0. The van der Waals surface area contributed by atoms with Crippen molar-refractivity contribution < 1.29 is 4.74 Å². The van der Waals surface area contributed by atoms with Crippen LogP contribution in [0.15, 0.2) is 0 Å². The van der Waals surface area contributed by atoms with Crippen LogP contribution < -0.4 is 5.32 Å². The van der Waals surface area contributed by atoms with Crippen LogP contribution >= 0.6 is 11.8 Å². The lowest BCUT2D eigenvalue weighted by molar-refractivity contribution is -0.0709. The summed E-state index contributed by atoms with van der Waals surface area (Å²) in [6.45, 7) is 5.40. The van der Waals surface area contributed by atoms with Crippen molar-refractivity contribution in [1.82, 2.24) is 5.32 Å². The lowest BCUT2D eigenvalue weighted by Crippen LogP contribution is -2.48. The van der Waals surface area contributed by atoms with Gasteiger partial charge in [-0.25, -0.2) is 0 Å². The van der Waals surface area contributed by atoms with E-state index in [1.807, 2.05) is 11.8 Å². The molecular weight excluding hydrogens is 194 g/mol. The molecule has 2 heterocycles. The Morgan fingerprint density at radius 2 is 2.36 bits per heavy atom. The molecule has 82 valence electrons. The maximum absolute atomic E-state index is 5.98. The van der Waals surface area contributed by atoms with Gasteiger partial charge in [0.15, 0.2) is 0 Å². The maximum Gasteiger partial charge on any atom is 0.0795 e. The minimum absolute atomic E-state index is 0.232. The van der Waals surface area contributed by atoms with Crippen LogP contribution in [0.2, 0.25) is 0 Å². The smallest absolute Gasteiger partial charge is 0.0795 e. The second-order valence-corrected chi connectivity index (χ2v) is 5.95. The summed E-state index contributed by atoms with van der Waals surface area (Å²) in [6, 6.07) is 1.28. The van der Waals surface area contributed by atoms with Crippen LogP contribution in [0.3, 0.4) is 0 Å². The van der Waals surface area contributed by atoms with Crippen LogP contribution in [0.4, 0.5) is 0 Å². The summed E-state index contributed by atoms with van der Waals surface area (Å²) in [4.78, 5) is 0. The summed E-state index contributed by atoms with van der Waals surface area (Å²) >= 11 is 2.05. The fraction of sp³-hybridized carbons (Fsp3) is 1.00. The van der Waals surface area contributed by atoms with E-state index in [1.54, 1.807) is 0 Å². The quantitative estimate of drug-likeness (QED) is 0.761. The molecule has 0 radical (unpaired) electrons. The lowest BCUT2D eigenvalue weighted by Gasteiger charge is -2.38. The maximum atomic E-state index is 5.98. The number of hydrogen-bond acceptors (Lipinski definition) is 3. The van der Waals surface area contributed by atoms with E-state index >= 15 is 0 Å². The van der Waals surface area contributed by atoms with Crippen molar-refractivity contribution in [2.24, 2.45) is 0 Å². The monoisotopic (exact) mass is 215 g/mol. The van der Waals surface area contributed by atoms with Crippen molar-refractivity contribution >= 4 is 11.8 Å². The van der Waals surface area contributed by atoms with Crippen molar-refractivity contribution in [1.29, 1.82) is 0 Å². The molecule has 1 N–H and O–H groups in total. The van der Waals surface area contributed by atoms with E-state index in [0.717, 1.165) is 6.61 Å². The molecule has 2 aliphatic rings. The Labute approximate surface area is 91.2 Å². The first kappa shape index (κ1) is 10.8. The molecule has 0 aromatic heterocycles. The SMILES string of the molecule is CC(C)NC1CCOC2(CCSC2)C1. The van der Waals surface area contributed by atoms with Crippen LogP contribution in [0.5, 0.6) is 0 Å². The van der Waals surface area contributed by atoms with E-state index in [9.17, 15) is 0 Å². The van der Waals surface area contributed by atoms with Crippen molar-refractivity contribution in [2.45, 2.75) is 50.8 Å². The average molecular weight is 215 g/mol. The molecule has 2 atom stereocenters. The molecule has 2 fully saturated rings. The van der Waals surface area contributed by atoms with Crippen LogP contribution in [-0.2, 0) is 4.74 Å². The van der Waals surface area contributed by atoms with Gasteiger partial charge in [0, 0.05) is 24.4 Å². The molecule has 14 heavy (non-hydrogen) atoms. The van der Waals surface area contributed by atoms with Gasteiger partial charge in [0.1, 0.15) is 0 Å². The van der Waals surface area contributed by atoms with Crippen LogP contribution in [-0.4, -0.2) is 35.8 Å². The molecule has 0 bridgehead atoms. The molecule has 2 aliphatic heterocycles. The zero-order chi connectivity index (χ0) is 10.0. The van der Waals surface area contributed by atoms with Gasteiger partial charge in [0.2, 0.25) is 0 Å². The van der Waals surface area contributed by atoms with Gasteiger partial charge < -0.3 is 10.1 Å². The molecule has 0 aromatic rings. The van der Waals surface area contributed by atoms with Crippen molar-refractivity contribution in [2.75, 3.05) is 18.1 Å². The predicted molar refractivity (Wildman–Crippen MR) is 61.9 cm³/mol. The Hall–Kier alpha value is 0.270. The van der Waals surface area contributed by atoms with E-state index < -0.39 is 0 Å². The van der Waals surface area contributed by atoms with Gasteiger partial charge in [-0.3, -0.25) is 0 Å². The van der Waals surface area contributed by atoms with E-state index in [1.165, 1.54) is 30.8 Å². The summed E-state index contributed by atoms with van der Waals surface area (Å²) in [5.41, 5.74) is 0.232. The van der Waals surface area contributed by atoms with E-state index in [2.05, 4.69) is 19.2 Å². The highest BCUT2D eigenvalue weighted by Crippen LogP contribution is 2.38. The molecule has 0 aliphatic carbocycles. The van der Waals surface area contributed by atoms with Gasteiger partial charge in [-0.2, -0.15) is 11.8 Å². The van der Waals surface area contributed by atoms with Gasteiger partial charge in [0.25, 0.3) is 0 Å². The third kappa shape index (κ3) is 2.44. The van der Waals surface area contributed by atoms with E-state index in [0.29, 0.717) is 12.1 Å². The summed E-state index contributed by atoms with van der Waals surface area (Å²) in [5, 5.41) is 3.64. The third-order valence-electron chi connectivity index (χ3n) is 3.13. The second-order valence-electron chi connectivity index (χ2n) is 4.85. The first-order valence-corrected chi connectivity index (χ1v) is 6.83. The van der Waals surface area contributed by atoms with E-state index in [-0.39, 0.29) is 5.60 Å². The molecule has 2 unspecified atom stereocenters. The van der Waals surface area contributed by atoms with Gasteiger partial charge in [-0.15, -0.1) is 0 Å². The van der Waals surface area contributed by atoms with Crippen LogP contribution in [0, 0.1) is 0 Å². The molecule has 0 aromatic carbocycles. The molecule has 2 saturated heterocycles. The van der Waals surface area contributed by atoms with Gasteiger partial charge in [0.05, 0.1) is 5.60 Å². The molecule has 2 nitrogen and oxygen atoms in total. The number of thioether (sulfide) groups is 1. The van der Waals surface area contributed by atoms with Gasteiger partial charge >= 0.3 is 0 Å². The number of rotatable bonds is 2. The Bertz CT molecular complexity index is 190. The minimum Gasteiger partial charge on any atom is -0.374 e. The molecular formula is C11H21NOS. The standard InChI is InChI=1S/C11H21NOS/c1-9(2)12-10-3-5-13-11(7-10)4-6-14-8-11/h9-10,12H,3-8H2,1-2H3. The number of nitrogens with one attached hydrogen (secondary N) is 1. The van der Waals surface area contributed by atoms with Crippen LogP contribution in [0.1, 0.15) is 33.1 Å². The van der Waals surface area contributed by atoms with Gasteiger partial charge in [-0.1, -0.05) is 13.8 Å². The zero-order valence-corrected chi connectivity index (χ0v) is 10.0. The third-order valence-corrected chi connectivity index (χ3v) is 4.35. The fourth-order valence-corrected chi connectivity index (χ4v) is 3.88. The molecule has 3 heteroatoms. The van der Waals surface area contributed by atoms with E-state index in [4.69, 9.17) is 4.74 Å². The summed E-state index contributed by atoms with van der Waals surface area (Å²) in [6.07, 6.45) is 3.66. The van der Waals surface area contributed by atoms with Crippen LogP contribution in [0.25, 0.3) is 0 Å². The highest BCUT2D eigenvalue weighted by atomic mass is 32.2. The average Bonchev–Trinajstić information content (AvgIpc) is 2.52. The summed E-state index contributed by atoms with van der Waals surface area (Å²) in [5.74, 6) is 2.50. The topological polar surface area (TPSA) is 21.3 Å². The molecule has 0 saturated carbocycles. The molecule has 0 amide bonds. The zero-order valence-electron chi connectivity index (χ0n) is 9.21. The molecule has 1 spiro atoms. The number of hydrogen-bond donors (Lipinski definition) is 1. The normalized spacial score (nSPS) is 38.4. The Morgan fingerprint density at radius 1 is 1.50 bits per heavy atom. The summed E-state index contributed by atoms with van der Waals surface area (Å²) < 4.78 is 5.98. The fourth-order valence-electron chi connectivity index (χ4n) is 2.50. The largest absolute Gasteiger partial charge is 0.374 e. The van der Waals surface area contributed by atoms with Gasteiger partial charge in [-0.05, 0) is 25.0 Å². The minimum atomic E-state index is 0.232. The van der Waals surface area contributed by atoms with Crippen molar-refractivity contribution in [3.63, 3.8) is 0 Å². The first-order valence-electron chi connectivity index (χ1n) is 5.68. The molecule has 2 rings (SSSR count). The second kappa shape index (κ2) is 4.42. The Balaban J connectivity index is 1.90. The van der Waals surface area contributed by atoms with Crippen molar-refractivity contribution in [3.8, 4) is 0 Å². The van der Waals surface area contributed by atoms with Crippen molar-refractivity contribution in [3.05, 3.63) is 0 Å². The Morgan fingerprint density at radius 3 is 3.00 bits per heavy atom. The number of ether oxygens (including phenoxy) is 1. The lowest BCUT2D eigenvalue weighted by atomic mass is 9.89. The highest BCUT2D eigenvalue weighted by molar-refractivity contribution is 7.99. The Kier molecular flexibility index (Phi) is 3.40.